The second-order valence-electron chi connectivity index (χ2n) is 3.22. The monoisotopic (exact) mass is 216 g/mol. The third-order valence-electron chi connectivity index (χ3n) is 2.19. The molecule has 1 aliphatic rings. The van der Waals surface area contributed by atoms with Crippen molar-refractivity contribution in [1.29, 1.82) is 0 Å². The standard InChI is InChI=1S/C11H8N2O3/c14-9-7(10-12-5-2-6-13-10)3-1-4-8(9)11(15)16/h1-6,8H,(H,15,16). The second-order valence-corrected chi connectivity index (χ2v) is 3.22. The van der Waals surface area contributed by atoms with Gasteiger partial charge in [0.1, 0.15) is 5.92 Å². The molecule has 0 saturated carbocycles. The molecule has 0 spiro atoms. The van der Waals surface area contributed by atoms with E-state index in [1.165, 1.54) is 30.6 Å². The minimum atomic E-state index is -1.16. The Hall–Kier alpha value is -2.30. The van der Waals surface area contributed by atoms with Crippen molar-refractivity contribution in [2.24, 2.45) is 5.92 Å². The lowest BCUT2D eigenvalue weighted by Gasteiger charge is -2.12. The van der Waals surface area contributed by atoms with Gasteiger partial charge in [0.25, 0.3) is 0 Å². The molecule has 0 radical (unpaired) electrons. The number of hydrogen-bond donors (Lipinski definition) is 1. The molecule has 0 aliphatic heterocycles. The number of aromatic nitrogens is 2. The fourth-order valence-electron chi connectivity index (χ4n) is 1.42. The van der Waals surface area contributed by atoms with Gasteiger partial charge < -0.3 is 5.11 Å². The fraction of sp³-hybridized carbons (Fsp3) is 0.0909. The van der Waals surface area contributed by atoms with E-state index in [9.17, 15) is 9.59 Å². The number of carboxylic acids is 1. The molecule has 1 aromatic heterocycles. The minimum Gasteiger partial charge on any atom is -0.480 e. The molecule has 1 aromatic rings. The summed E-state index contributed by atoms with van der Waals surface area (Å²) in [6, 6.07) is 1.63. The molecule has 1 heterocycles. The van der Waals surface area contributed by atoms with Crippen LogP contribution in [0.4, 0.5) is 0 Å². The summed E-state index contributed by atoms with van der Waals surface area (Å²) >= 11 is 0. The summed E-state index contributed by atoms with van der Waals surface area (Å²) in [6.45, 7) is 0. The highest BCUT2D eigenvalue weighted by Crippen LogP contribution is 2.21. The zero-order valence-electron chi connectivity index (χ0n) is 8.20. The molecule has 0 fully saturated rings. The second kappa shape index (κ2) is 4.06. The van der Waals surface area contributed by atoms with Crippen molar-refractivity contribution in [2.75, 3.05) is 0 Å². The largest absolute Gasteiger partial charge is 0.480 e. The lowest BCUT2D eigenvalue weighted by molar-refractivity contribution is -0.142. The van der Waals surface area contributed by atoms with Crippen LogP contribution < -0.4 is 0 Å². The molecule has 0 bridgehead atoms. The Morgan fingerprint density at radius 1 is 1.31 bits per heavy atom. The predicted octanol–water partition coefficient (Wildman–Crippen LogP) is 0.700. The van der Waals surface area contributed by atoms with Crippen LogP contribution in [0.1, 0.15) is 5.82 Å². The Morgan fingerprint density at radius 2 is 2.00 bits per heavy atom. The van der Waals surface area contributed by atoms with Gasteiger partial charge in [-0.05, 0) is 12.1 Å². The molecule has 16 heavy (non-hydrogen) atoms. The Bertz CT molecular complexity index is 491. The lowest BCUT2D eigenvalue weighted by Crippen LogP contribution is -2.25. The number of Topliss-reactive ketones (excluding diaryl/α,β-unsaturated/α-hetero) is 1. The van der Waals surface area contributed by atoms with Crippen LogP contribution >= 0.6 is 0 Å². The SMILES string of the molecule is O=C(O)C1C=CC=C(c2ncccn2)C1=O. The van der Waals surface area contributed by atoms with Crippen molar-refractivity contribution in [3.8, 4) is 0 Å². The third-order valence-corrected chi connectivity index (χ3v) is 2.19. The van der Waals surface area contributed by atoms with E-state index in [1.54, 1.807) is 6.07 Å². The first-order chi connectivity index (χ1) is 7.70. The Kier molecular flexibility index (Phi) is 2.59. The molecular weight excluding hydrogens is 208 g/mol. The van der Waals surface area contributed by atoms with Crippen LogP contribution in [0.15, 0.2) is 36.7 Å². The van der Waals surface area contributed by atoms with Gasteiger partial charge in [-0.1, -0.05) is 12.2 Å². The van der Waals surface area contributed by atoms with E-state index in [1.807, 2.05) is 0 Å². The first-order valence-corrected chi connectivity index (χ1v) is 4.63. The van der Waals surface area contributed by atoms with Crippen LogP contribution in [-0.2, 0) is 9.59 Å². The average molecular weight is 216 g/mol. The highest BCUT2D eigenvalue weighted by atomic mass is 16.4. The Balaban J connectivity index is 2.37. The highest BCUT2D eigenvalue weighted by Gasteiger charge is 2.29. The van der Waals surface area contributed by atoms with Crippen molar-refractivity contribution < 1.29 is 14.7 Å². The molecule has 1 aliphatic carbocycles. The van der Waals surface area contributed by atoms with Crippen molar-refractivity contribution in [1.82, 2.24) is 9.97 Å². The number of aliphatic carboxylic acids is 1. The van der Waals surface area contributed by atoms with Crippen LogP contribution in [0.25, 0.3) is 5.57 Å². The molecule has 2 rings (SSSR count). The van der Waals surface area contributed by atoms with E-state index in [2.05, 4.69) is 9.97 Å². The summed E-state index contributed by atoms with van der Waals surface area (Å²) < 4.78 is 0. The van der Waals surface area contributed by atoms with Crippen molar-refractivity contribution in [2.45, 2.75) is 0 Å². The first-order valence-electron chi connectivity index (χ1n) is 4.63. The van der Waals surface area contributed by atoms with Crippen molar-refractivity contribution >= 4 is 17.3 Å². The van der Waals surface area contributed by atoms with Gasteiger partial charge in [0.15, 0.2) is 11.6 Å². The van der Waals surface area contributed by atoms with E-state index < -0.39 is 17.7 Å². The Labute approximate surface area is 91.2 Å². The summed E-state index contributed by atoms with van der Waals surface area (Å²) in [4.78, 5) is 30.4. The molecule has 1 N–H and O–H groups in total. The molecule has 1 atom stereocenters. The molecular formula is C11H8N2O3. The molecule has 0 saturated heterocycles. The quantitative estimate of drug-likeness (QED) is 0.736. The van der Waals surface area contributed by atoms with E-state index in [0.717, 1.165) is 0 Å². The summed E-state index contributed by atoms with van der Waals surface area (Å²) in [7, 11) is 0. The first kappa shape index (κ1) is 10.2. The van der Waals surface area contributed by atoms with Gasteiger partial charge >= 0.3 is 5.97 Å². The average Bonchev–Trinajstić information content (AvgIpc) is 2.30. The predicted molar refractivity (Wildman–Crippen MR) is 55.3 cm³/mol. The number of allylic oxidation sites excluding steroid dienone is 3. The Morgan fingerprint density at radius 3 is 2.62 bits per heavy atom. The van der Waals surface area contributed by atoms with Gasteiger partial charge in [0, 0.05) is 12.4 Å². The highest BCUT2D eigenvalue weighted by molar-refractivity contribution is 6.27. The maximum absolute atomic E-state index is 11.8. The van der Waals surface area contributed by atoms with E-state index in [0.29, 0.717) is 0 Å². The third kappa shape index (κ3) is 1.75. The number of hydrogen-bond acceptors (Lipinski definition) is 4. The van der Waals surface area contributed by atoms with Crippen LogP contribution in [0, 0.1) is 5.92 Å². The number of ketones is 1. The normalized spacial score (nSPS) is 19.4. The van der Waals surface area contributed by atoms with Crippen molar-refractivity contribution in [3.05, 3.63) is 42.5 Å². The van der Waals surface area contributed by atoms with Crippen LogP contribution in [0.3, 0.4) is 0 Å². The van der Waals surface area contributed by atoms with E-state index in [4.69, 9.17) is 5.11 Å². The molecule has 1 unspecified atom stereocenters. The van der Waals surface area contributed by atoms with Crippen LogP contribution in [0.2, 0.25) is 0 Å². The lowest BCUT2D eigenvalue weighted by atomic mass is 9.92. The molecule has 0 aromatic carbocycles. The van der Waals surface area contributed by atoms with Crippen LogP contribution in [0.5, 0.6) is 0 Å². The minimum absolute atomic E-state index is 0.232. The number of rotatable bonds is 2. The number of nitrogens with zero attached hydrogens (tertiary/aromatic N) is 2. The summed E-state index contributed by atoms with van der Waals surface area (Å²) in [6.07, 6.45) is 7.41. The van der Waals surface area contributed by atoms with Gasteiger partial charge in [-0.2, -0.15) is 0 Å². The van der Waals surface area contributed by atoms with Gasteiger partial charge in [-0.25, -0.2) is 9.97 Å². The number of carboxylic acid groups (broad SMARTS) is 1. The fourth-order valence-corrected chi connectivity index (χ4v) is 1.42. The summed E-state index contributed by atoms with van der Waals surface area (Å²) in [5.74, 6) is -2.53. The summed E-state index contributed by atoms with van der Waals surface area (Å²) in [5, 5.41) is 8.83. The number of carbonyl (C=O) groups excluding carboxylic acids is 1. The zero-order valence-corrected chi connectivity index (χ0v) is 8.20. The molecule has 0 amide bonds. The molecule has 80 valence electrons. The van der Waals surface area contributed by atoms with Crippen LogP contribution in [-0.4, -0.2) is 26.8 Å². The zero-order chi connectivity index (χ0) is 11.5. The smallest absolute Gasteiger partial charge is 0.318 e. The van der Waals surface area contributed by atoms with Gasteiger partial charge in [-0.15, -0.1) is 0 Å². The topological polar surface area (TPSA) is 80.2 Å². The van der Waals surface area contributed by atoms with Crippen molar-refractivity contribution in [3.63, 3.8) is 0 Å². The maximum Gasteiger partial charge on any atom is 0.318 e. The molecule has 5 heteroatoms. The van der Waals surface area contributed by atoms with Gasteiger partial charge in [-0.3, -0.25) is 9.59 Å². The van der Waals surface area contributed by atoms with E-state index in [-0.39, 0.29) is 11.4 Å². The van der Waals surface area contributed by atoms with Gasteiger partial charge in [0.05, 0.1) is 5.57 Å². The van der Waals surface area contributed by atoms with E-state index >= 15 is 0 Å². The van der Waals surface area contributed by atoms with Gasteiger partial charge in [0.2, 0.25) is 0 Å². The maximum atomic E-state index is 11.8. The summed E-state index contributed by atoms with van der Waals surface area (Å²) in [5.41, 5.74) is 0.232. The number of carbonyl (C=O) groups is 2. The molecule has 5 nitrogen and oxygen atoms in total.